The lowest BCUT2D eigenvalue weighted by Crippen LogP contribution is -2.23. The summed E-state index contributed by atoms with van der Waals surface area (Å²) in [7, 11) is -2.12. The van der Waals surface area contributed by atoms with Gasteiger partial charge in [0.2, 0.25) is 0 Å². The third-order valence-electron chi connectivity index (χ3n) is 3.68. The van der Waals surface area contributed by atoms with E-state index in [-0.39, 0.29) is 10.5 Å². The number of hydrogen-bond donors (Lipinski definition) is 3. The summed E-state index contributed by atoms with van der Waals surface area (Å²) in [5.74, 6) is -0.547. The summed E-state index contributed by atoms with van der Waals surface area (Å²) in [6.07, 6.45) is 0. The van der Waals surface area contributed by atoms with E-state index in [0.29, 0.717) is 17.0 Å². The average molecular weight is 364 g/mol. The van der Waals surface area contributed by atoms with Gasteiger partial charge in [0.05, 0.1) is 23.3 Å². The lowest BCUT2D eigenvalue weighted by Gasteiger charge is -2.15. The number of hydroxylamine groups is 1. The van der Waals surface area contributed by atoms with Crippen molar-refractivity contribution in [2.45, 2.75) is 18.7 Å². The number of nitrogens with one attached hydrogen (secondary N) is 2. The molecule has 0 atom stereocenters. The molecule has 0 spiro atoms. The van der Waals surface area contributed by atoms with Crippen LogP contribution in [0, 0.1) is 13.8 Å². The first kappa shape index (κ1) is 18.8. The number of carbonyl (C=O) groups is 1. The van der Waals surface area contributed by atoms with E-state index in [2.05, 4.69) is 5.32 Å². The fourth-order valence-electron chi connectivity index (χ4n) is 2.48. The number of rotatable bonds is 6. The van der Waals surface area contributed by atoms with E-state index in [0.717, 1.165) is 5.56 Å². The van der Waals surface area contributed by atoms with Crippen molar-refractivity contribution in [1.29, 1.82) is 0 Å². The van der Waals surface area contributed by atoms with E-state index >= 15 is 0 Å². The van der Waals surface area contributed by atoms with Crippen LogP contribution in [-0.2, 0) is 9.84 Å². The quantitative estimate of drug-likeness (QED) is 0.536. The number of carbonyl (C=O) groups excluding carboxylic acids is 1. The Morgan fingerprint density at radius 3 is 2.36 bits per heavy atom. The standard InChI is InChI=1S/C17H20N2O5S/c1-11-8-12(2)16(15(9-11)17(20)19-21)18-10-25(22,23)14-6-4-13(24-3)5-7-14/h4-9,18,21H,10H2,1-3H3,(H,19,20). The molecular weight excluding hydrogens is 344 g/mol. The van der Waals surface area contributed by atoms with Gasteiger partial charge in [-0.15, -0.1) is 0 Å². The molecule has 1 amide bonds. The molecular formula is C17H20N2O5S. The smallest absolute Gasteiger partial charge is 0.276 e. The van der Waals surface area contributed by atoms with Crippen molar-refractivity contribution in [1.82, 2.24) is 5.48 Å². The molecule has 3 N–H and O–H groups in total. The summed E-state index contributed by atoms with van der Waals surface area (Å²) >= 11 is 0. The van der Waals surface area contributed by atoms with Crippen LogP contribution < -0.4 is 15.5 Å². The van der Waals surface area contributed by atoms with Crippen molar-refractivity contribution in [2.24, 2.45) is 0 Å². The van der Waals surface area contributed by atoms with E-state index in [4.69, 9.17) is 9.94 Å². The Balaban J connectivity index is 2.29. The SMILES string of the molecule is COc1ccc(S(=O)(=O)CNc2c(C)cc(C)cc2C(=O)NO)cc1. The molecule has 2 aromatic rings. The Morgan fingerprint density at radius 2 is 1.80 bits per heavy atom. The van der Waals surface area contributed by atoms with Crippen LogP contribution in [-0.4, -0.2) is 32.5 Å². The van der Waals surface area contributed by atoms with Crippen molar-refractivity contribution in [3.63, 3.8) is 0 Å². The number of anilines is 1. The van der Waals surface area contributed by atoms with Crippen LogP contribution in [0.1, 0.15) is 21.5 Å². The minimum atomic E-state index is -3.62. The van der Waals surface area contributed by atoms with Gasteiger partial charge in [0.1, 0.15) is 11.6 Å². The van der Waals surface area contributed by atoms with E-state index in [1.807, 2.05) is 6.07 Å². The number of amides is 1. The molecule has 0 aromatic heterocycles. The van der Waals surface area contributed by atoms with Crippen LogP contribution in [0.5, 0.6) is 5.75 Å². The van der Waals surface area contributed by atoms with Gasteiger partial charge in [-0.3, -0.25) is 10.0 Å². The van der Waals surface area contributed by atoms with Gasteiger partial charge in [-0.05, 0) is 55.3 Å². The van der Waals surface area contributed by atoms with Gasteiger partial charge >= 0.3 is 0 Å². The highest BCUT2D eigenvalue weighted by atomic mass is 32.2. The molecule has 2 aromatic carbocycles. The van der Waals surface area contributed by atoms with E-state index in [1.54, 1.807) is 37.5 Å². The molecule has 25 heavy (non-hydrogen) atoms. The molecule has 0 radical (unpaired) electrons. The third kappa shape index (κ3) is 4.28. The maximum absolute atomic E-state index is 12.5. The van der Waals surface area contributed by atoms with Crippen molar-refractivity contribution >= 4 is 21.4 Å². The molecule has 7 nitrogen and oxygen atoms in total. The van der Waals surface area contributed by atoms with Gasteiger partial charge in [-0.25, -0.2) is 13.9 Å². The lowest BCUT2D eigenvalue weighted by atomic mass is 10.0. The van der Waals surface area contributed by atoms with Crippen molar-refractivity contribution in [3.8, 4) is 5.75 Å². The zero-order valence-electron chi connectivity index (χ0n) is 14.2. The molecule has 0 aliphatic carbocycles. The van der Waals surface area contributed by atoms with Crippen LogP contribution in [0.4, 0.5) is 5.69 Å². The number of aryl methyl sites for hydroxylation is 2. The number of benzene rings is 2. The minimum Gasteiger partial charge on any atom is -0.497 e. The Labute approximate surface area is 146 Å². The lowest BCUT2D eigenvalue weighted by molar-refractivity contribution is 0.0707. The van der Waals surface area contributed by atoms with Crippen LogP contribution in [0.3, 0.4) is 0 Å². The number of sulfone groups is 1. The van der Waals surface area contributed by atoms with Crippen molar-refractivity contribution in [2.75, 3.05) is 18.3 Å². The highest BCUT2D eigenvalue weighted by Crippen LogP contribution is 2.24. The second kappa shape index (κ2) is 7.54. The second-order valence-corrected chi connectivity index (χ2v) is 7.55. The molecule has 0 aliphatic heterocycles. The maximum Gasteiger partial charge on any atom is 0.276 e. The Morgan fingerprint density at radius 1 is 1.16 bits per heavy atom. The molecule has 2 rings (SSSR count). The topological polar surface area (TPSA) is 105 Å². The molecule has 0 aliphatic rings. The first-order chi connectivity index (χ1) is 11.8. The molecule has 0 saturated carbocycles. The Bertz CT molecular complexity index is 877. The molecule has 8 heteroatoms. The number of hydrogen-bond acceptors (Lipinski definition) is 6. The summed E-state index contributed by atoms with van der Waals surface area (Å²) in [5, 5.41) is 11.7. The van der Waals surface area contributed by atoms with E-state index in [9.17, 15) is 13.2 Å². The van der Waals surface area contributed by atoms with Crippen molar-refractivity contribution < 1.29 is 23.2 Å². The third-order valence-corrected chi connectivity index (χ3v) is 5.20. The van der Waals surface area contributed by atoms with Crippen LogP contribution in [0.25, 0.3) is 0 Å². The summed E-state index contributed by atoms with van der Waals surface area (Å²) in [6.45, 7) is 3.56. The predicted molar refractivity (Wildman–Crippen MR) is 93.8 cm³/mol. The first-order valence-electron chi connectivity index (χ1n) is 7.45. The largest absolute Gasteiger partial charge is 0.497 e. The van der Waals surface area contributed by atoms with Crippen molar-refractivity contribution in [3.05, 3.63) is 53.1 Å². The number of ether oxygens (including phenoxy) is 1. The van der Waals surface area contributed by atoms with E-state index < -0.39 is 21.6 Å². The molecule has 0 unspecified atom stereocenters. The van der Waals surface area contributed by atoms with Crippen LogP contribution in [0.2, 0.25) is 0 Å². The zero-order chi connectivity index (χ0) is 18.6. The zero-order valence-corrected chi connectivity index (χ0v) is 15.0. The fraction of sp³-hybridized carbons (Fsp3) is 0.235. The Kier molecular flexibility index (Phi) is 5.66. The molecule has 134 valence electrons. The van der Waals surface area contributed by atoms with E-state index in [1.165, 1.54) is 19.2 Å². The second-order valence-electron chi connectivity index (χ2n) is 5.56. The van der Waals surface area contributed by atoms with Gasteiger partial charge < -0.3 is 10.1 Å². The van der Waals surface area contributed by atoms with Gasteiger partial charge in [0.25, 0.3) is 5.91 Å². The predicted octanol–water partition coefficient (Wildman–Crippen LogP) is 2.27. The fourth-order valence-corrected chi connectivity index (χ4v) is 3.53. The summed E-state index contributed by atoms with van der Waals surface area (Å²) in [5.41, 5.74) is 3.62. The molecule has 0 bridgehead atoms. The first-order valence-corrected chi connectivity index (χ1v) is 9.10. The van der Waals surface area contributed by atoms with Crippen LogP contribution in [0.15, 0.2) is 41.3 Å². The van der Waals surface area contributed by atoms with Gasteiger partial charge in [-0.1, -0.05) is 6.07 Å². The molecule has 0 saturated heterocycles. The van der Waals surface area contributed by atoms with Gasteiger partial charge in [-0.2, -0.15) is 0 Å². The maximum atomic E-state index is 12.5. The molecule has 0 heterocycles. The van der Waals surface area contributed by atoms with Crippen LogP contribution >= 0.6 is 0 Å². The number of methoxy groups -OCH3 is 1. The highest BCUT2D eigenvalue weighted by Gasteiger charge is 2.18. The summed E-state index contributed by atoms with van der Waals surface area (Å²) in [6, 6.07) is 9.43. The summed E-state index contributed by atoms with van der Waals surface area (Å²) < 4.78 is 30.0. The highest BCUT2D eigenvalue weighted by molar-refractivity contribution is 7.91. The van der Waals surface area contributed by atoms with Gasteiger partial charge in [0.15, 0.2) is 9.84 Å². The summed E-state index contributed by atoms with van der Waals surface area (Å²) in [4.78, 5) is 12.0. The van der Waals surface area contributed by atoms with Gasteiger partial charge in [0, 0.05) is 0 Å². The molecule has 0 fully saturated rings. The Hall–Kier alpha value is -2.58. The average Bonchev–Trinajstić information content (AvgIpc) is 2.59. The minimum absolute atomic E-state index is 0.138. The monoisotopic (exact) mass is 364 g/mol. The normalized spacial score (nSPS) is 11.0.